The lowest BCUT2D eigenvalue weighted by Crippen LogP contribution is -2.29. The Kier molecular flexibility index (Phi) is 16.1. The number of nitrogens with one attached hydrogen (secondary N) is 3. The number of nitriles is 2. The summed E-state index contributed by atoms with van der Waals surface area (Å²) in [4.78, 5) is 55.7. The molecule has 0 heterocycles. The van der Waals surface area contributed by atoms with Gasteiger partial charge >= 0.3 is 11.9 Å². The molecular weight excluding hydrogens is 800 g/mol. The second kappa shape index (κ2) is 20.4. The highest BCUT2D eigenvalue weighted by atomic mass is 35.5. The number of hydrogen-bond donors (Lipinski definition) is 5. The zero-order valence-corrected chi connectivity index (χ0v) is 31.8. The third-order valence-corrected chi connectivity index (χ3v) is 7.85. The van der Waals surface area contributed by atoms with E-state index in [4.69, 9.17) is 76.6 Å². The molecule has 55 heavy (non-hydrogen) atoms. The number of anilines is 2. The number of amides is 3. The molecule has 14 nitrogen and oxygen atoms in total. The smallest absolute Gasteiger partial charge is 0.322 e. The molecule has 0 bridgehead atoms. The number of benzene rings is 4. The fraction of sp³-hybridized carbons (Fsp3) is 0.162. The quantitative estimate of drug-likeness (QED) is 0.0902. The first-order valence-corrected chi connectivity index (χ1v) is 17.1. The molecular formula is C37H29Cl4N5O9. The third kappa shape index (κ3) is 14.0. The highest BCUT2D eigenvalue weighted by Crippen LogP contribution is 2.36. The molecule has 5 N–H and O–H groups in total. The van der Waals surface area contributed by atoms with Crippen LogP contribution in [0.1, 0.15) is 52.0 Å². The van der Waals surface area contributed by atoms with Crippen molar-refractivity contribution in [1.82, 2.24) is 5.32 Å². The van der Waals surface area contributed by atoms with Crippen molar-refractivity contribution in [3.8, 4) is 23.6 Å². The van der Waals surface area contributed by atoms with E-state index in [9.17, 15) is 24.0 Å². The maximum atomic E-state index is 11.9. The molecule has 0 aliphatic rings. The topological polar surface area (TPSA) is 228 Å². The molecule has 0 aliphatic carbocycles. The van der Waals surface area contributed by atoms with Crippen LogP contribution in [0.5, 0.6) is 11.5 Å². The van der Waals surface area contributed by atoms with Crippen molar-refractivity contribution < 1.29 is 43.7 Å². The lowest BCUT2D eigenvalue weighted by molar-refractivity contribution is -0.137. The predicted octanol–water partition coefficient (Wildman–Crippen LogP) is 7.25. The third-order valence-electron chi connectivity index (χ3n) is 6.72. The average molecular weight is 829 g/mol. The zero-order chi connectivity index (χ0) is 40.8. The van der Waals surface area contributed by atoms with E-state index in [0.29, 0.717) is 39.2 Å². The molecule has 0 radical (unpaired) electrons. The first-order valence-electron chi connectivity index (χ1n) is 15.6. The summed E-state index contributed by atoms with van der Waals surface area (Å²) in [5.74, 6) is -3.04. The van der Waals surface area contributed by atoms with Crippen LogP contribution in [-0.2, 0) is 38.8 Å². The molecule has 0 aliphatic heterocycles. The summed E-state index contributed by atoms with van der Waals surface area (Å²) in [5.41, 5.74) is 3.37. The molecule has 0 atom stereocenters. The number of carbonyl (C=O) groups excluding carboxylic acids is 3. The molecule has 3 amide bonds. The fourth-order valence-corrected chi connectivity index (χ4v) is 5.89. The van der Waals surface area contributed by atoms with Gasteiger partial charge < -0.3 is 35.6 Å². The van der Waals surface area contributed by atoms with Crippen molar-refractivity contribution in [2.75, 3.05) is 17.2 Å². The van der Waals surface area contributed by atoms with Crippen LogP contribution in [0.3, 0.4) is 0 Å². The Labute approximate surface area is 334 Å². The second-order valence-corrected chi connectivity index (χ2v) is 12.9. The van der Waals surface area contributed by atoms with E-state index in [1.807, 2.05) is 12.1 Å². The van der Waals surface area contributed by atoms with Crippen molar-refractivity contribution >= 4 is 87.4 Å². The van der Waals surface area contributed by atoms with Gasteiger partial charge in [-0.15, -0.1) is 0 Å². The van der Waals surface area contributed by atoms with Gasteiger partial charge in [-0.3, -0.25) is 24.0 Å². The van der Waals surface area contributed by atoms with Crippen LogP contribution < -0.4 is 25.4 Å². The van der Waals surface area contributed by atoms with Gasteiger partial charge in [-0.25, -0.2) is 0 Å². The van der Waals surface area contributed by atoms with E-state index < -0.39 is 24.4 Å². The molecule has 0 spiro atoms. The highest BCUT2D eigenvalue weighted by Gasteiger charge is 2.16. The number of ether oxygens (including phenoxy) is 2. The largest absolute Gasteiger partial charge is 0.486 e. The molecule has 0 unspecified atom stereocenters. The number of aliphatic carboxylic acids is 2. The summed E-state index contributed by atoms with van der Waals surface area (Å²) < 4.78 is 11.3. The maximum Gasteiger partial charge on any atom is 0.322 e. The summed E-state index contributed by atoms with van der Waals surface area (Å²) in [5, 5.41) is 43.6. The van der Waals surface area contributed by atoms with Crippen molar-refractivity contribution in [3.63, 3.8) is 0 Å². The van der Waals surface area contributed by atoms with Gasteiger partial charge in [0.1, 0.15) is 19.8 Å². The van der Waals surface area contributed by atoms with Gasteiger partial charge in [-0.1, -0.05) is 46.4 Å². The minimum atomic E-state index is -1.19. The highest BCUT2D eigenvalue weighted by molar-refractivity contribution is 6.38. The van der Waals surface area contributed by atoms with Gasteiger partial charge in [0.2, 0.25) is 11.8 Å². The molecule has 4 aromatic carbocycles. The first kappa shape index (κ1) is 43.4. The van der Waals surface area contributed by atoms with Crippen molar-refractivity contribution in [2.24, 2.45) is 0 Å². The first-order chi connectivity index (χ1) is 26.0. The molecule has 4 aromatic rings. The average Bonchev–Trinajstić information content (AvgIpc) is 3.09. The lowest BCUT2D eigenvalue weighted by atomic mass is 10.1. The number of rotatable bonds is 13. The zero-order valence-electron chi connectivity index (χ0n) is 28.8. The molecule has 0 saturated heterocycles. The van der Waals surface area contributed by atoms with Crippen molar-refractivity contribution in [1.29, 1.82) is 10.5 Å². The van der Waals surface area contributed by atoms with Crippen LogP contribution in [0.25, 0.3) is 0 Å². The second-order valence-electron chi connectivity index (χ2n) is 11.3. The van der Waals surface area contributed by atoms with Gasteiger partial charge in [0.25, 0.3) is 5.91 Å². The van der Waals surface area contributed by atoms with Crippen LogP contribution >= 0.6 is 46.4 Å². The van der Waals surface area contributed by atoms with E-state index in [1.54, 1.807) is 30.3 Å². The van der Waals surface area contributed by atoms with Gasteiger partial charge in [0.05, 0.1) is 49.8 Å². The van der Waals surface area contributed by atoms with Gasteiger partial charge in [0.15, 0.2) is 11.5 Å². The molecule has 0 aromatic heterocycles. The Balaban J connectivity index is 0.000000297. The standard InChI is InChI=1S/C19H15Cl2N3O5.C18H14Cl2N2O4/c1-10(25)24-14-3-11(7-22)2-12(4-14)9-29-18-15(20)5-13(6-16(18)21)19(28)23-8-17(26)27;1-10(23)22-14-3-12(8-21)2-13(4-14)9-26-18-15(19)5-11(6-16(18)20)7-17(24)25/h2-6H,8-9H2,1H3,(H,23,28)(H,24,25)(H,26,27);2-6H,7,9H2,1H3,(H,22,23)(H,24,25). The molecule has 0 fully saturated rings. The summed E-state index contributed by atoms with van der Waals surface area (Å²) in [6.07, 6.45) is -0.204. The summed E-state index contributed by atoms with van der Waals surface area (Å²) >= 11 is 24.6. The number of hydrogen-bond acceptors (Lipinski definition) is 9. The Morgan fingerprint density at radius 3 is 1.40 bits per heavy atom. The summed E-state index contributed by atoms with van der Waals surface area (Å²) in [6, 6.07) is 19.1. The number of carbonyl (C=O) groups is 5. The minimum Gasteiger partial charge on any atom is -0.486 e. The van der Waals surface area contributed by atoms with E-state index in [-0.39, 0.29) is 68.6 Å². The lowest BCUT2D eigenvalue weighted by Gasteiger charge is -2.13. The number of nitrogens with zero attached hydrogens (tertiary/aromatic N) is 2. The van der Waals surface area contributed by atoms with Gasteiger partial charge in [-0.2, -0.15) is 10.5 Å². The summed E-state index contributed by atoms with van der Waals surface area (Å²) in [6.45, 7) is 2.22. The monoisotopic (exact) mass is 827 g/mol. The van der Waals surface area contributed by atoms with E-state index >= 15 is 0 Å². The molecule has 0 saturated carbocycles. The van der Waals surface area contributed by atoms with E-state index in [1.165, 1.54) is 44.2 Å². The van der Waals surface area contributed by atoms with Crippen LogP contribution in [0.15, 0.2) is 60.7 Å². The maximum absolute atomic E-state index is 11.9. The van der Waals surface area contributed by atoms with Gasteiger partial charge in [-0.05, 0) is 77.4 Å². The normalized spacial score (nSPS) is 10.0. The molecule has 18 heteroatoms. The Hall–Kier alpha value is -6.03. The molecule has 4 rings (SSSR count). The number of carboxylic acids is 2. The van der Waals surface area contributed by atoms with Crippen LogP contribution in [0.4, 0.5) is 11.4 Å². The van der Waals surface area contributed by atoms with Crippen molar-refractivity contribution in [3.05, 3.63) is 114 Å². The fourth-order valence-electron chi connectivity index (χ4n) is 4.66. The SMILES string of the molecule is CC(=O)Nc1cc(C#N)cc(COc2c(Cl)cc(C(=O)NCC(=O)O)cc2Cl)c1.CC(=O)Nc1cc(C#N)cc(COc2c(Cl)cc(CC(=O)O)cc2Cl)c1. The molecule has 284 valence electrons. The van der Waals surface area contributed by atoms with Crippen LogP contribution in [0, 0.1) is 22.7 Å². The van der Waals surface area contributed by atoms with Gasteiger partial charge in [0, 0.05) is 30.8 Å². The Morgan fingerprint density at radius 1 is 0.618 bits per heavy atom. The van der Waals surface area contributed by atoms with Crippen LogP contribution in [-0.4, -0.2) is 46.4 Å². The minimum absolute atomic E-state index is 0.00784. The number of carboxylic acid groups (broad SMARTS) is 2. The van der Waals surface area contributed by atoms with E-state index in [2.05, 4.69) is 16.0 Å². The van der Waals surface area contributed by atoms with E-state index in [0.717, 1.165) is 0 Å². The summed E-state index contributed by atoms with van der Waals surface area (Å²) in [7, 11) is 0. The van der Waals surface area contributed by atoms with Crippen LogP contribution in [0.2, 0.25) is 20.1 Å². The predicted molar refractivity (Wildman–Crippen MR) is 204 cm³/mol. The Morgan fingerprint density at radius 2 is 1.04 bits per heavy atom. The number of halogens is 4. The van der Waals surface area contributed by atoms with Crippen molar-refractivity contribution in [2.45, 2.75) is 33.5 Å². The Bertz CT molecular complexity index is 2190.